The molecular formula is C8H16N2. The first kappa shape index (κ1) is 6.62. The molecule has 3 N–H and O–H groups in total. The first-order chi connectivity index (χ1) is 4.81. The van der Waals surface area contributed by atoms with Crippen molar-refractivity contribution in [3.05, 3.63) is 0 Å². The van der Waals surface area contributed by atoms with Gasteiger partial charge in [0.25, 0.3) is 0 Å². The molecule has 10 heavy (non-hydrogen) atoms. The maximum atomic E-state index is 5.91. The van der Waals surface area contributed by atoms with E-state index < -0.39 is 0 Å². The van der Waals surface area contributed by atoms with E-state index in [0.717, 1.165) is 0 Å². The zero-order chi connectivity index (χ0) is 7.03. The average Bonchev–Trinajstić information content (AvgIpc) is 2.64. The third kappa shape index (κ3) is 1.18. The van der Waals surface area contributed by atoms with E-state index in [1.165, 1.54) is 38.6 Å². The summed E-state index contributed by atoms with van der Waals surface area (Å²) in [4.78, 5) is 0. The Labute approximate surface area is 62.2 Å². The van der Waals surface area contributed by atoms with Gasteiger partial charge in [0.2, 0.25) is 0 Å². The molecule has 0 amide bonds. The predicted octanol–water partition coefficient (Wildman–Crippen LogP) is 0.620. The highest BCUT2D eigenvalue weighted by Gasteiger charge is 2.43. The van der Waals surface area contributed by atoms with Crippen LogP contribution in [0.15, 0.2) is 0 Å². The van der Waals surface area contributed by atoms with Crippen LogP contribution in [0.25, 0.3) is 0 Å². The zero-order valence-corrected chi connectivity index (χ0v) is 6.40. The maximum absolute atomic E-state index is 5.91. The predicted molar refractivity (Wildman–Crippen MR) is 41.8 cm³/mol. The van der Waals surface area contributed by atoms with Crippen LogP contribution in [0, 0.1) is 0 Å². The van der Waals surface area contributed by atoms with E-state index in [9.17, 15) is 0 Å². The van der Waals surface area contributed by atoms with E-state index in [1.54, 1.807) is 0 Å². The molecule has 58 valence electrons. The third-order valence-corrected chi connectivity index (χ3v) is 2.81. The highest BCUT2D eigenvalue weighted by molar-refractivity contribution is 5.06. The molecule has 1 spiro atoms. The van der Waals surface area contributed by atoms with Crippen LogP contribution in [0.5, 0.6) is 0 Å². The van der Waals surface area contributed by atoms with Crippen molar-refractivity contribution in [3.8, 4) is 0 Å². The number of nitrogens with two attached hydrogens (primary N) is 1. The lowest BCUT2D eigenvalue weighted by molar-refractivity contribution is 0.499. The van der Waals surface area contributed by atoms with Crippen molar-refractivity contribution in [1.82, 2.24) is 5.32 Å². The van der Waals surface area contributed by atoms with E-state index in [0.29, 0.717) is 11.6 Å². The Balaban J connectivity index is 1.96. The SMILES string of the molecule is N[C@H]1CCCC[C@]2(CN2)C1. The molecule has 2 heteroatoms. The van der Waals surface area contributed by atoms with Crippen molar-refractivity contribution in [3.63, 3.8) is 0 Å². The standard InChI is InChI=1S/C8H16N2/c9-7-3-1-2-4-8(5-7)6-10-8/h7,10H,1-6,9H2/t7-,8+/m0/s1. The van der Waals surface area contributed by atoms with E-state index in [1.807, 2.05) is 0 Å². The molecule has 2 rings (SSSR count). The van der Waals surface area contributed by atoms with Gasteiger partial charge in [-0.3, -0.25) is 0 Å². The van der Waals surface area contributed by atoms with Gasteiger partial charge in [-0.25, -0.2) is 0 Å². The van der Waals surface area contributed by atoms with Crippen molar-refractivity contribution in [2.24, 2.45) is 5.73 Å². The molecule has 1 heterocycles. The van der Waals surface area contributed by atoms with Gasteiger partial charge in [0.05, 0.1) is 0 Å². The van der Waals surface area contributed by atoms with Gasteiger partial charge in [-0.1, -0.05) is 12.8 Å². The minimum atomic E-state index is 0.470. The smallest absolute Gasteiger partial charge is 0.0321 e. The van der Waals surface area contributed by atoms with Crippen LogP contribution in [-0.4, -0.2) is 18.1 Å². The third-order valence-electron chi connectivity index (χ3n) is 2.81. The van der Waals surface area contributed by atoms with E-state index in [4.69, 9.17) is 5.73 Å². The highest BCUT2D eigenvalue weighted by Crippen LogP contribution is 2.33. The Kier molecular flexibility index (Phi) is 1.46. The van der Waals surface area contributed by atoms with Gasteiger partial charge in [0, 0.05) is 18.1 Å². The molecule has 0 aromatic heterocycles. The Morgan fingerprint density at radius 1 is 1.40 bits per heavy atom. The lowest BCUT2D eigenvalue weighted by Gasteiger charge is -2.12. The van der Waals surface area contributed by atoms with Gasteiger partial charge < -0.3 is 11.1 Å². The molecule has 2 aliphatic rings. The number of nitrogens with one attached hydrogen (secondary N) is 1. The zero-order valence-electron chi connectivity index (χ0n) is 6.40. The second-order valence-electron chi connectivity index (χ2n) is 3.84. The van der Waals surface area contributed by atoms with Crippen LogP contribution in [0.4, 0.5) is 0 Å². The van der Waals surface area contributed by atoms with Crippen LogP contribution >= 0.6 is 0 Å². The maximum Gasteiger partial charge on any atom is 0.0321 e. The summed E-state index contributed by atoms with van der Waals surface area (Å²) >= 11 is 0. The van der Waals surface area contributed by atoms with Gasteiger partial charge in [-0.05, 0) is 19.3 Å². The normalized spacial score (nSPS) is 47.1. The molecule has 2 nitrogen and oxygen atoms in total. The van der Waals surface area contributed by atoms with Crippen LogP contribution in [0.2, 0.25) is 0 Å². The Hall–Kier alpha value is -0.0800. The van der Waals surface area contributed by atoms with Crippen LogP contribution in [0.3, 0.4) is 0 Å². The second kappa shape index (κ2) is 2.21. The molecule has 0 unspecified atom stereocenters. The molecule has 1 saturated carbocycles. The summed E-state index contributed by atoms with van der Waals surface area (Å²) in [7, 11) is 0. The molecule has 0 aromatic carbocycles. The summed E-state index contributed by atoms with van der Waals surface area (Å²) in [5.41, 5.74) is 6.42. The lowest BCUT2D eigenvalue weighted by Crippen LogP contribution is -2.27. The highest BCUT2D eigenvalue weighted by atomic mass is 15.2. The minimum absolute atomic E-state index is 0.470. The fraction of sp³-hybridized carbons (Fsp3) is 1.00. The minimum Gasteiger partial charge on any atom is -0.328 e. The summed E-state index contributed by atoms with van der Waals surface area (Å²) < 4.78 is 0. The van der Waals surface area contributed by atoms with E-state index >= 15 is 0 Å². The molecule has 1 aliphatic carbocycles. The second-order valence-corrected chi connectivity index (χ2v) is 3.84. The van der Waals surface area contributed by atoms with Gasteiger partial charge >= 0.3 is 0 Å². The molecule has 2 atom stereocenters. The lowest BCUT2D eigenvalue weighted by atomic mass is 9.99. The van der Waals surface area contributed by atoms with Crippen molar-refractivity contribution in [2.45, 2.75) is 43.7 Å². The van der Waals surface area contributed by atoms with Crippen molar-refractivity contribution in [1.29, 1.82) is 0 Å². The molecule has 0 radical (unpaired) electrons. The first-order valence-electron chi connectivity index (χ1n) is 4.31. The molecule has 0 aromatic rings. The molecular weight excluding hydrogens is 124 g/mol. The van der Waals surface area contributed by atoms with Gasteiger partial charge in [0.1, 0.15) is 0 Å². The van der Waals surface area contributed by atoms with Crippen molar-refractivity contribution in [2.75, 3.05) is 6.54 Å². The van der Waals surface area contributed by atoms with Crippen molar-refractivity contribution >= 4 is 0 Å². The van der Waals surface area contributed by atoms with E-state index in [-0.39, 0.29) is 0 Å². The van der Waals surface area contributed by atoms with Gasteiger partial charge in [0.15, 0.2) is 0 Å². The average molecular weight is 140 g/mol. The molecule has 1 saturated heterocycles. The number of hydrogen-bond donors (Lipinski definition) is 2. The van der Waals surface area contributed by atoms with Crippen LogP contribution < -0.4 is 11.1 Å². The summed E-state index contributed by atoms with van der Waals surface area (Å²) in [6, 6.07) is 0.470. The Morgan fingerprint density at radius 3 is 2.90 bits per heavy atom. The molecule has 1 aliphatic heterocycles. The van der Waals surface area contributed by atoms with E-state index in [2.05, 4.69) is 5.32 Å². The summed E-state index contributed by atoms with van der Waals surface area (Å²) in [6.45, 7) is 1.22. The molecule has 2 fully saturated rings. The summed E-state index contributed by atoms with van der Waals surface area (Å²) in [5, 5.41) is 3.44. The van der Waals surface area contributed by atoms with Gasteiger partial charge in [-0.2, -0.15) is 0 Å². The molecule has 0 bridgehead atoms. The number of hydrogen-bond acceptors (Lipinski definition) is 2. The van der Waals surface area contributed by atoms with Crippen molar-refractivity contribution < 1.29 is 0 Å². The summed E-state index contributed by atoms with van der Waals surface area (Å²) in [5.74, 6) is 0. The largest absolute Gasteiger partial charge is 0.328 e. The topological polar surface area (TPSA) is 48.0 Å². The fourth-order valence-electron chi connectivity index (χ4n) is 2.02. The summed E-state index contributed by atoms with van der Waals surface area (Å²) in [6.07, 6.45) is 6.53. The quantitative estimate of drug-likeness (QED) is 0.484. The Morgan fingerprint density at radius 2 is 2.20 bits per heavy atom. The van der Waals surface area contributed by atoms with Crippen LogP contribution in [-0.2, 0) is 0 Å². The Bertz CT molecular complexity index is 129. The van der Waals surface area contributed by atoms with Gasteiger partial charge in [-0.15, -0.1) is 0 Å². The fourth-order valence-corrected chi connectivity index (χ4v) is 2.02. The first-order valence-corrected chi connectivity index (χ1v) is 4.31. The monoisotopic (exact) mass is 140 g/mol. The number of rotatable bonds is 0. The van der Waals surface area contributed by atoms with Crippen LogP contribution in [0.1, 0.15) is 32.1 Å².